The summed E-state index contributed by atoms with van der Waals surface area (Å²) in [5.74, 6) is 2.10. The third kappa shape index (κ3) is 4.82. The van der Waals surface area contributed by atoms with E-state index in [0.29, 0.717) is 31.9 Å². The first kappa shape index (κ1) is 17.0. The van der Waals surface area contributed by atoms with Crippen LogP contribution in [0.2, 0.25) is 0 Å². The van der Waals surface area contributed by atoms with E-state index in [1.165, 1.54) is 0 Å². The molecule has 132 valence electrons. The molecule has 0 unspecified atom stereocenters. The normalized spacial score (nSPS) is 12.1. The maximum Gasteiger partial charge on any atom is 0.231 e. The second kappa shape index (κ2) is 7.83. The van der Waals surface area contributed by atoms with Gasteiger partial charge in [-0.15, -0.1) is 0 Å². The van der Waals surface area contributed by atoms with Crippen molar-refractivity contribution in [3.05, 3.63) is 41.2 Å². The summed E-state index contributed by atoms with van der Waals surface area (Å²) in [6.07, 6.45) is 1.16. The molecule has 2 heterocycles. The summed E-state index contributed by atoms with van der Waals surface area (Å²) in [5, 5.41) is 6.06. The zero-order chi connectivity index (χ0) is 17.6. The molecule has 1 aliphatic rings. The van der Waals surface area contributed by atoms with Gasteiger partial charge in [0.15, 0.2) is 11.5 Å². The molecule has 0 saturated carbocycles. The summed E-state index contributed by atoms with van der Waals surface area (Å²) >= 11 is 0. The Morgan fingerprint density at radius 3 is 2.68 bits per heavy atom. The minimum absolute atomic E-state index is 0.0146. The van der Waals surface area contributed by atoms with Gasteiger partial charge in [0.2, 0.25) is 18.6 Å². The summed E-state index contributed by atoms with van der Waals surface area (Å²) in [7, 11) is 0. The first-order valence-corrected chi connectivity index (χ1v) is 8.31. The lowest BCUT2D eigenvalue weighted by Crippen LogP contribution is -2.23. The number of ether oxygens (including phenoxy) is 2. The first-order valence-electron chi connectivity index (χ1n) is 8.31. The van der Waals surface area contributed by atoms with Crippen LogP contribution in [0.3, 0.4) is 0 Å². The molecule has 2 N–H and O–H groups in total. The second-order valence-corrected chi connectivity index (χ2v) is 5.97. The van der Waals surface area contributed by atoms with Crippen LogP contribution in [0.25, 0.3) is 0 Å². The molecule has 1 aliphatic heterocycles. The first-order chi connectivity index (χ1) is 12.1. The standard InChI is InChI=1S/C18H22N4O3/c1-12-8-13(2)22-18(21-12)19-7-3-4-17(23)20-10-14-5-6-15-16(9-14)25-11-24-15/h5-6,8-9H,3-4,7,10-11H2,1-2H3,(H,20,23)(H,19,21,22). The van der Waals surface area contributed by atoms with Gasteiger partial charge in [0.05, 0.1) is 0 Å². The van der Waals surface area contributed by atoms with Gasteiger partial charge < -0.3 is 20.1 Å². The van der Waals surface area contributed by atoms with Gasteiger partial charge in [-0.05, 0) is 44.0 Å². The number of aromatic nitrogens is 2. The van der Waals surface area contributed by atoms with Crippen LogP contribution >= 0.6 is 0 Å². The number of benzene rings is 1. The number of aryl methyl sites for hydroxylation is 2. The monoisotopic (exact) mass is 342 g/mol. The molecule has 1 aromatic carbocycles. The number of nitrogens with one attached hydrogen (secondary N) is 2. The Kier molecular flexibility index (Phi) is 5.33. The molecule has 3 rings (SSSR count). The van der Waals surface area contributed by atoms with E-state index in [-0.39, 0.29) is 12.7 Å². The Hall–Kier alpha value is -2.83. The molecule has 0 atom stereocenters. The predicted molar refractivity (Wildman–Crippen MR) is 93.6 cm³/mol. The molecule has 0 spiro atoms. The van der Waals surface area contributed by atoms with Gasteiger partial charge in [0.25, 0.3) is 0 Å². The van der Waals surface area contributed by atoms with Gasteiger partial charge in [-0.3, -0.25) is 4.79 Å². The molecular formula is C18H22N4O3. The van der Waals surface area contributed by atoms with Crippen LogP contribution in [0.1, 0.15) is 29.8 Å². The smallest absolute Gasteiger partial charge is 0.231 e. The van der Waals surface area contributed by atoms with Crippen LogP contribution in [0.15, 0.2) is 24.3 Å². The van der Waals surface area contributed by atoms with Crippen molar-refractivity contribution in [1.82, 2.24) is 15.3 Å². The maximum absolute atomic E-state index is 11.9. The van der Waals surface area contributed by atoms with Gasteiger partial charge in [0.1, 0.15) is 0 Å². The SMILES string of the molecule is Cc1cc(C)nc(NCCCC(=O)NCc2ccc3c(c2)OCO3)n1. The van der Waals surface area contributed by atoms with Crippen LogP contribution in [0.5, 0.6) is 11.5 Å². The minimum Gasteiger partial charge on any atom is -0.454 e. The third-order valence-corrected chi connectivity index (χ3v) is 3.77. The zero-order valence-electron chi connectivity index (χ0n) is 14.5. The summed E-state index contributed by atoms with van der Waals surface area (Å²) < 4.78 is 10.6. The number of hydrogen-bond donors (Lipinski definition) is 2. The highest BCUT2D eigenvalue weighted by Gasteiger charge is 2.13. The summed E-state index contributed by atoms with van der Waals surface area (Å²) in [4.78, 5) is 20.6. The van der Waals surface area contributed by atoms with Crippen molar-refractivity contribution < 1.29 is 14.3 Å². The number of nitrogens with zero attached hydrogens (tertiary/aromatic N) is 2. The van der Waals surface area contributed by atoms with Crippen molar-refractivity contribution in [3.8, 4) is 11.5 Å². The van der Waals surface area contributed by atoms with Crippen molar-refractivity contribution in [2.75, 3.05) is 18.7 Å². The van der Waals surface area contributed by atoms with E-state index in [4.69, 9.17) is 9.47 Å². The molecule has 2 aromatic rings. The highest BCUT2D eigenvalue weighted by molar-refractivity contribution is 5.75. The summed E-state index contributed by atoms with van der Waals surface area (Å²) in [5.41, 5.74) is 2.84. The number of fused-ring (bicyclic) bond motifs is 1. The van der Waals surface area contributed by atoms with Crippen molar-refractivity contribution in [1.29, 1.82) is 0 Å². The van der Waals surface area contributed by atoms with E-state index >= 15 is 0 Å². The average Bonchev–Trinajstić information content (AvgIpc) is 3.04. The van der Waals surface area contributed by atoms with Gasteiger partial charge in [-0.2, -0.15) is 0 Å². The number of carbonyl (C=O) groups is 1. The number of anilines is 1. The molecule has 0 fully saturated rings. The van der Waals surface area contributed by atoms with Crippen LogP contribution in [-0.4, -0.2) is 29.2 Å². The molecule has 1 aromatic heterocycles. The molecule has 0 aliphatic carbocycles. The Labute approximate surface area is 146 Å². The van der Waals surface area contributed by atoms with E-state index < -0.39 is 0 Å². The highest BCUT2D eigenvalue weighted by atomic mass is 16.7. The van der Waals surface area contributed by atoms with Gasteiger partial charge in [0, 0.05) is 30.9 Å². The molecule has 7 heteroatoms. The predicted octanol–water partition coefficient (Wildman–Crippen LogP) is 2.33. The lowest BCUT2D eigenvalue weighted by Gasteiger charge is -2.08. The fourth-order valence-electron chi connectivity index (χ4n) is 2.59. The number of rotatable bonds is 7. The average molecular weight is 342 g/mol. The van der Waals surface area contributed by atoms with Gasteiger partial charge >= 0.3 is 0 Å². The van der Waals surface area contributed by atoms with Crippen molar-refractivity contribution in [3.63, 3.8) is 0 Å². The molecular weight excluding hydrogens is 320 g/mol. The van der Waals surface area contributed by atoms with E-state index in [1.807, 2.05) is 38.1 Å². The molecule has 7 nitrogen and oxygen atoms in total. The van der Waals surface area contributed by atoms with Crippen LogP contribution < -0.4 is 20.1 Å². The fourth-order valence-corrected chi connectivity index (χ4v) is 2.59. The summed E-state index contributed by atoms with van der Waals surface area (Å²) in [6.45, 7) is 5.25. The Morgan fingerprint density at radius 2 is 1.88 bits per heavy atom. The van der Waals surface area contributed by atoms with E-state index in [2.05, 4.69) is 20.6 Å². The second-order valence-electron chi connectivity index (χ2n) is 5.97. The molecule has 25 heavy (non-hydrogen) atoms. The van der Waals surface area contributed by atoms with E-state index in [9.17, 15) is 4.79 Å². The minimum atomic E-state index is 0.0146. The van der Waals surface area contributed by atoms with Gasteiger partial charge in [-0.25, -0.2) is 9.97 Å². The van der Waals surface area contributed by atoms with Crippen LogP contribution in [0, 0.1) is 13.8 Å². The highest BCUT2D eigenvalue weighted by Crippen LogP contribution is 2.32. The van der Waals surface area contributed by atoms with Crippen LogP contribution in [0.4, 0.5) is 5.95 Å². The number of amides is 1. The lowest BCUT2D eigenvalue weighted by atomic mass is 10.2. The molecule has 1 amide bonds. The summed E-state index contributed by atoms with van der Waals surface area (Å²) in [6, 6.07) is 7.60. The van der Waals surface area contributed by atoms with Crippen molar-refractivity contribution in [2.24, 2.45) is 0 Å². The quantitative estimate of drug-likeness (QED) is 0.751. The lowest BCUT2D eigenvalue weighted by molar-refractivity contribution is -0.121. The maximum atomic E-state index is 11.9. The third-order valence-electron chi connectivity index (χ3n) is 3.77. The Bertz CT molecular complexity index is 744. The van der Waals surface area contributed by atoms with Crippen molar-refractivity contribution >= 4 is 11.9 Å². The van der Waals surface area contributed by atoms with E-state index in [1.54, 1.807) is 0 Å². The van der Waals surface area contributed by atoms with Gasteiger partial charge in [-0.1, -0.05) is 6.07 Å². The van der Waals surface area contributed by atoms with E-state index in [0.717, 1.165) is 28.5 Å². The zero-order valence-corrected chi connectivity index (χ0v) is 14.5. The fraction of sp³-hybridized carbons (Fsp3) is 0.389. The topological polar surface area (TPSA) is 85.4 Å². The largest absolute Gasteiger partial charge is 0.454 e. The number of carbonyl (C=O) groups excluding carboxylic acids is 1. The Morgan fingerprint density at radius 1 is 1.12 bits per heavy atom. The Balaban J connectivity index is 1.37. The molecule has 0 radical (unpaired) electrons. The molecule has 0 saturated heterocycles. The van der Waals surface area contributed by atoms with Crippen molar-refractivity contribution in [2.45, 2.75) is 33.2 Å². The number of hydrogen-bond acceptors (Lipinski definition) is 6. The molecule has 0 bridgehead atoms. The van der Waals surface area contributed by atoms with Crippen LogP contribution in [-0.2, 0) is 11.3 Å².